The molecule has 35 heavy (non-hydrogen) atoms. The number of allylic oxidation sites excluding steroid dienone is 1. The van der Waals surface area contributed by atoms with E-state index in [4.69, 9.17) is 10.5 Å². The van der Waals surface area contributed by atoms with Gasteiger partial charge in [-0.1, -0.05) is 6.07 Å². The van der Waals surface area contributed by atoms with Crippen LogP contribution in [0.4, 0.5) is 16.0 Å². The number of methoxy groups -OCH3 is 1. The van der Waals surface area contributed by atoms with Gasteiger partial charge in [-0.3, -0.25) is 4.68 Å². The number of aliphatic imine (C=N–C) groups is 1. The summed E-state index contributed by atoms with van der Waals surface area (Å²) in [6.07, 6.45) is 8.79. The molecule has 9 nitrogen and oxygen atoms in total. The maximum absolute atomic E-state index is 13.1. The standard InChI is InChI=1S/C25H25FN8O/c1-16(17-4-6-23(29-11-17)30-14-20(26)10-28)33(2)24-7-5-18(12-31-24)22-8-21(35-3)15-34-25(22)19(9-27)13-32-34/h4-8,10-14,16,21H,15,28H2,1-3H3. The molecular formula is C25H25FN8O. The van der Waals surface area contributed by atoms with Crippen molar-refractivity contribution in [2.24, 2.45) is 10.7 Å². The zero-order valence-electron chi connectivity index (χ0n) is 19.6. The summed E-state index contributed by atoms with van der Waals surface area (Å²) in [6.45, 7) is 2.59. The lowest BCUT2D eigenvalue weighted by atomic mass is 9.97. The summed E-state index contributed by atoms with van der Waals surface area (Å²) < 4.78 is 20.4. The third-order valence-corrected chi connectivity index (χ3v) is 5.96. The van der Waals surface area contributed by atoms with Crippen LogP contribution >= 0.6 is 0 Å². The molecule has 1 aliphatic heterocycles. The van der Waals surface area contributed by atoms with Crippen molar-refractivity contribution in [1.29, 1.82) is 5.26 Å². The normalized spacial score (nSPS) is 16.5. The predicted octanol–water partition coefficient (Wildman–Crippen LogP) is 3.67. The first-order valence-corrected chi connectivity index (χ1v) is 10.9. The number of hydrogen-bond donors (Lipinski definition) is 1. The number of pyridine rings is 2. The fourth-order valence-electron chi connectivity index (χ4n) is 3.82. The molecule has 1 aliphatic rings. The van der Waals surface area contributed by atoms with E-state index in [1.165, 1.54) is 0 Å². The van der Waals surface area contributed by atoms with Crippen molar-refractivity contribution in [2.45, 2.75) is 25.6 Å². The van der Waals surface area contributed by atoms with Gasteiger partial charge in [-0.2, -0.15) is 10.4 Å². The van der Waals surface area contributed by atoms with Crippen LogP contribution in [0.25, 0.3) is 5.57 Å². The van der Waals surface area contributed by atoms with Crippen LogP contribution in [0.15, 0.2) is 66.0 Å². The minimum absolute atomic E-state index is 0.0297. The molecule has 0 fully saturated rings. The first-order valence-electron chi connectivity index (χ1n) is 10.9. The zero-order chi connectivity index (χ0) is 24.9. The van der Waals surface area contributed by atoms with Gasteiger partial charge < -0.3 is 15.4 Å². The van der Waals surface area contributed by atoms with Crippen molar-refractivity contribution in [1.82, 2.24) is 19.7 Å². The van der Waals surface area contributed by atoms with Gasteiger partial charge in [-0.15, -0.1) is 0 Å². The fraction of sp³-hybridized carbons (Fsp3) is 0.240. The highest BCUT2D eigenvalue weighted by atomic mass is 19.1. The molecule has 0 radical (unpaired) electrons. The Morgan fingerprint density at radius 3 is 2.77 bits per heavy atom. The molecule has 3 aromatic heterocycles. The van der Waals surface area contributed by atoms with E-state index in [9.17, 15) is 9.65 Å². The van der Waals surface area contributed by atoms with Gasteiger partial charge in [0, 0.05) is 43.9 Å². The van der Waals surface area contributed by atoms with Crippen molar-refractivity contribution in [3.05, 3.63) is 83.3 Å². The third kappa shape index (κ3) is 4.95. The first kappa shape index (κ1) is 23.8. The summed E-state index contributed by atoms with van der Waals surface area (Å²) in [5.74, 6) is 0.523. The van der Waals surface area contributed by atoms with Crippen LogP contribution in [-0.4, -0.2) is 46.2 Å². The molecule has 0 amide bonds. The number of aromatic nitrogens is 4. The van der Waals surface area contributed by atoms with Gasteiger partial charge in [0.15, 0.2) is 11.6 Å². The second kappa shape index (κ2) is 10.3. The van der Waals surface area contributed by atoms with Crippen LogP contribution in [0.5, 0.6) is 0 Å². The number of nitriles is 1. The number of ether oxygens (including phenoxy) is 1. The van der Waals surface area contributed by atoms with Crippen LogP contribution in [0.1, 0.15) is 35.3 Å². The van der Waals surface area contributed by atoms with Crippen molar-refractivity contribution in [2.75, 3.05) is 19.1 Å². The largest absolute Gasteiger partial charge is 0.402 e. The molecule has 2 unspecified atom stereocenters. The molecule has 0 spiro atoms. The fourth-order valence-corrected chi connectivity index (χ4v) is 3.82. The SMILES string of the molecule is COC1C=C(c2ccc(N(C)C(C)c3ccc(N=CC(F)=CN)nc3)nc2)c2c(C#N)cnn2C1. The number of anilines is 1. The smallest absolute Gasteiger partial charge is 0.156 e. The Balaban J connectivity index is 1.54. The summed E-state index contributed by atoms with van der Waals surface area (Å²) >= 11 is 0. The molecule has 4 heterocycles. The van der Waals surface area contributed by atoms with Gasteiger partial charge in [0.1, 0.15) is 11.9 Å². The minimum Gasteiger partial charge on any atom is -0.402 e. The molecular weight excluding hydrogens is 447 g/mol. The molecule has 10 heteroatoms. The molecule has 178 valence electrons. The van der Waals surface area contributed by atoms with Crippen molar-refractivity contribution in [3.8, 4) is 6.07 Å². The Labute approximate surface area is 202 Å². The quantitative estimate of drug-likeness (QED) is 0.521. The Hall–Kier alpha value is -4.36. The Morgan fingerprint density at radius 1 is 1.31 bits per heavy atom. The molecule has 0 saturated carbocycles. The van der Waals surface area contributed by atoms with Gasteiger partial charge in [0.05, 0.1) is 42.4 Å². The minimum atomic E-state index is -0.631. The number of fused-ring (bicyclic) bond motifs is 1. The highest BCUT2D eigenvalue weighted by molar-refractivity contribution is 5.82. The van der Waals surface area contributed by atoms with E-state index in [2.05, 4.69) is 26.1 Å². The van der Waals surface area contributed by atoms with Gasteiger partial charge in [-0.05, 0) is 36.8 Å². The lowest BCUT2D eigenvalue weighted by Gasteiger charge is -2.27. The van der Waals surface area contributed by atoms with E-state index in [1.807, 2.05) is 43.1 Å². The molecule has 0 aliphatic carbocycles. The molecule has 2 N–H and O–H groups in total. The number of nitrogens with two attached hydrogens (primary N) is 1. The van der Waals surface area contributed by atoms with Crippen molar-refractivity contribution < 1.29 is 9.13 Å². The van der Waals surface area contributed by atoms with Crippen LogP contribution in [0.2, 0.25) is 0 Å². The van der Waals surface area contributed by atoms with Crippen molar-refractivity contribution >= 4 is 23.4 Å². The average Bonchev–Trinajstić information content (AvgIpc) is 3.33. The lowest BCUT2D eigenvalue weighted by Crippen LogP contribution is -2.24. The lowest BCUT2D eigenvalue weighted by molar-refractivity contribution is 0.120. The summed E-state index contributed by atoms with van der Waals surface area (Å²) in [6, 6.07) is 9.70. The number of rotatable bonds is 7. The maximum atomic E-state index is 13.1. The van der Waals surface area contributed by atoms with E-state index < -0.39 is 5.83 Å². The van der Waals surface area contributed by atoms with E-state index in [0.717, 1.165) is 40.6 Å². The molecule has 0 aromatic carbocycles. The summed E-state index contributed by atoms with van der Waals surface area (Å²) in [5, 5.41) is 13.9. The summed E-state index contributed by atoms with van der Waals surface area (Å²) in [7, 11) is 3.60. The Kier molecular flexibility index (Phi) is 6.98. The monoisotopic (exact) mass is 472 g/mol. The highest BCUT2D eigenvalue weighted by Gasteiger charge is 2.25. The topological polar surface area (TPSA) is 118 Å². The molecule has 3 aromatic rings. The molecule has 2 atom stereocenters. The molecule has 0 saturated heterocycles. The molecule has 4 rings (SSSR count). The van der Waals surface area contributed by atoms with E-state index in [0.29, 0.717) is 17.9 Å². The van der Waals surface area contributed by atoms with Crippen molar-refractivity contribution in [3.63, 3.8) is 0 Å². The van der Waals surface area contributed by atoms with Crippen LogP contribution < -0.4 is 10.6 Å². The predicted molar refractivity (Wildman–Crippen MR) is 132 cm³/mol. The average molecular weight is 473 g/mol. The molecule has 0 bridgehead atoms. The van der Waals surface area contributed by atoms with Crippen LogP contribution in [0, 0.1) is 11.3 Å². The Morgan fingerprint density at radius 2 is 2.14 bits per heavy atom. The maximum Gasteiger partial charge on any atom is 0.156 e. The van der Waals surface area contributed by atoms with E-state index in [1.54, 1.807) is 36.4 Å². The second-order valence-electron chi connectivity index (χ2n) is 8.01. The van der Waals surface area contributed by atoms with Gasteiger partial charge in [-0.25, -0.2) is 19.4 Å². The van der Waals surface area contributed by atoms with E-state index >= 15 is 0 Å². The number of nitrogens with zero attached hydrogens (tertiary/aromatic N) is 7. The van der Waals surface area contributed by atoms with E-state index in [-0.39, 0.29) is 12.1 Å². The zero-order valence-corrected chi connectivity index (χ0v) is 19.6. The summed E-state index contributed by atoms with van der Waals surface area (Å²) in [5.41, 5.74) is 9.08. The van der Waals surface area contributed by atoms with Gasteiger partial charge in [0.2, 0.25) is 0 Å². The Bertz CT molecular complexity index is 1320. The number of halogens is 1. The van der Waals surface area contributed by atoms with Gasteiger partial charge in [0.25, 0.3) is 0 Å². The van der Waals surface area contributed by atoms with Crippen LogP contribution in [0.3, 0.4) is 0 Å². The highest BCUT2D eigenvalue weighted by Crippen LogP contribution is 2.32. The summed E-state index contributed by atoms with van der Waals surface area (Å²) in [4.78, 5) is 14.9. The second-order valence-corrected chi connectivity index (χ2v) is 8.01. The van der Waals surface area contributed by atoms with Gasteiger partial charge >= 0.3 is 0 Å². The van der Waals surface area contributed by atoms with Crippen LogP contribution in [-0.2, 0) is 11.3 Å². The first-order chi connectivity index (χ1) is 16.9. The number of hydrogen-bond acceptors (Lipinski definition) is 8. The third-order valence-electron chi connectivity index (χ3n) is 5.96.